The average molecular weight is 937 g/mol. The number of hydrogen-bond acceptors (Lipinski definition) is 20. The highest BCUT2D eigenvalue weighted by Gasteiger charge is 2.50. The molecule has 0 radical (unpaired) electrons. The maximum atomic E-state index is 14.3. The molecular weight excluding hydrogens is 884 g/mol. The molecule has 1 aromatic rings. The number of carbonyl (C=O) groups is 7. The summed E-state index contributed by atoms with van der Waals surface area (Å²) in [6.45, 7) is 1.26. The summed E-state index contributed by atoms with van der Waals surface area (Å²) >= 11 is 0. The van der Waals surface area contributed by atoms with Gasteiger partial charge >= 0.3 is 10.4 Å². The first kappa shape index (κ1) is 51.3. The van der Waals surface area contributed by atoms with Crippen LogP contribution < -0.4 is 36.9 Å². The Bertz CT molecular complexity index is 2060. The zero-order chi connectivity index (χ0) is 48.3. The summed E-state index contributed by atoms with van der Waals surface area (Å²) in [7, 11) is -5.30. The average Bonchev–Trinajstić information content (AvgIpc) is 3.74. The van der Waals surface area contributed by atoms with Crippen molar-refractivity contribution < 1.29 is 96.7 Å². The number of amides is 7. The maximum Gasteiger partial charge on any atom is 0.446 e. The van der Waals surface area contributed by atoms with Crippen LogP contribution in [0, 0.1) is 5.92 Å². The Labute approximate surface area is 363 Å². The summed E-state index contributed by atoms with van der Waals surface area (Å²) < 4.78 is 36.2. The maximum absolute atomic E-state index is 14.3. The molecular formula is C35H52N8O20S. The summed E-state index contributed by atoms with van der Waals surface area (Å²) in [4.78, 5) is 96.6. The summed E-state index contributed by atoms with van der Waals surface area (Å²) in [5.41, 5.74) is 10.6. The van der Waals surface area contributed by atoms with Crippen molar-refractivity contribution in [2.24, 2.45) is 17.4 Å². The lowest BCUT2D eigenvalue weighted by Gasteiger charge is -2.34. The van der Waals surface area contributed by atoms with E-state index in [1.165, 1.54) is 6.92 Å². The largest absolute Gasteiger partial charge is 0.504 e. The van der Waals surface area contributed by atoms with E-state index in [-0.39, 0.29) is 0 Å². The van der Waals surface area contributed by atoms with Crippen molar-refractivity contribution in [3.63, 3.8) is 0 Å². The first-order valence-electron chi connectivity index (χ1n) is 19.4. The molecule has 0 saturated carbocycles. The molecule has 18 N–H and O–H groups in total. The molecule has 4 unspecified atom stereocenters. The molecule has 0 spiro atoms. The number of benzene rings is 1. The number of nitrogens with two attached hydrogens (primary N) is 2. The second kappa shape index (κ2) is 20.7. The summed E-state index contributed by atoms with van der Waals surface area (Å²) in [5.74, 6) is -12.4. The number of aliphatic hydroxyl groups is 8. The van der Waals surface area contributed by atoms with Crippen LogP contribution in [0.5, 0.6) is 11.5 Å². The van der Waals surface area contributed by atoms with E-state index in [1.807, 2.05) is 10.6 Å². The first-order valence-corrected chi connectivity index (χ1v) is 20.8. The normalized spacial score (nSPS) is 32.4. The van der Waals surface area contributed by atoms with Gasteiger partial charge in [-0.1, -0.05) is 13.0 Å². The van der Waals surface area contributed by atoms with Crippen molar-refractivity contribution in [1.82, 2.24) is 31.1 Å². The highest BCUT2D eigenvalue weighted by Crippen LogP contribution is 2.32. The lowest BCUT2D eigenvalue weighted by molar-refractivity contribution is -0.149. The second-order valence-corrected chi connectivity index (χ2v) is 16.8. The van der Waals surface area contributed by atoms with Gasteiger partial charge in [0.15, 0.2) is 17.7 Å². The van der Waals surface area contributed by atoms with Crippen molar-refractivity contribution in [3.05, 3.63) is 23.8 Å². The zero-order valence-electron chi connectivity index (χ0n) is 33.9. The van der Waals surface area contributed by atoms with Crippen LogP contribution in [0.15, 0.2) is 18.2 Å². The Morgan fingerprint density at radius 3 is 2.03 bits per heavy atom. The molecule has 3 aliphatic rings. The molecule has 3 heterocycles. The van der Waals surface area contributed by atoms with Gasteiger partial charge in [0.2, 0.25) is 41.4 Å². The molecule has 358 valence electrons. The fourth-order valence-electron chi connectivity index (χ4n) is 7.41. The monoisotopic (exact) mass is 936 g/mol. The molecule has 4 rings (SSSR count). The number of fused-ring (bicyclic) bond motifs is 2. The van der Waals surface area contributed by atoms with Gasteiger partial charge in [0.05, 0.1) is 36.9 Å². The number of carbonyl (C=O) groups excluding carboxylic acids is 7. The number of phenolic OH excluding ortho intramolecular Hbond substituents is 1. The Morgan fingerprint density at radius 2 is 1.44 bits per heavy atom. The number of aliphatic hydroxyl groups excluding tert-OH is 8. The summed E-state index contributed by atoms with van der Waals surface area (Å²) in [6, 6.07) is -10.2. The van der Waals surface area contributed by atoms with Crippen molar-refractivity contribution >= 4 is 51.7 Å². The van der Waals surface area contributed by atoms with Crippen LogP contribution >= 0.6 is 0 Å². The zero-order valence-corrected chi connectivity index (χ0v) is 34.8. The topological polar surface area (TPSA) is 472 Å². The third kappa shape index (κ3) is 12.1. The molecule has 3 aliphatic heterocycles. The molecule has 7 amide bonds. The van der Waals surface area contributed by atoms with Gasteiger partial charge < -0.3 is 92.7 Å². The molecule has 0 aliphatic carbocycles. The number of nitrogens with zero attached hydrogens (tertiary/aromatic N) is 2. The van der Waals surface area contributed by atoms with E-state index in [0.717, 1.165) is 19.1 Å². The number of nitrogens with one attached hydrogen (secondary N) is 4. The predicted octanol–water partition coefficient (Wildman–Crippen LogP) is -9.26. The van der Waals surface area contributed by atoms with Gasteiger partial charge in [0.1, 0.15) is 48.5 Å². The van der Waals surface area contributed by atoms with Crippen LogP contribution in [0.1, 0.15) is 44.8 Å². The summed E-state index contributed by atoms with van der Waals surface area (Å²) in [5, 5.41) is 106. The molecule has 3 fully saturated rings. The number of phenols is 1. The van der Waals surface area contributed by atoms with Gasteiger partial charge in [0, 0.05) is 31.8 Å². The van der Waals surface area contributed by atoms with E-state index in [9.17, 15) is 87.9 Å². The third-order valence-electron chi connectivity index (χ3n) is 10.8. The van der Waals surface area contributed by atoms with Crippen molar-refractivity contribution in [2.45, 2.75) is 118 Å². The van der Waals surface area contributed by atoms with Gasteiger partial charge in [-0.2, -0.15) is 8.42 Å². The summed E-state index contributed by atoms with van der Waals surface area (Å²) in [6.07, 6.45) is -19.1. The molecule has 1 aromatic carbocycles. The van der Waals surface area contributed by atoms with Crippen LogP contribution in [-0.2, 0) is 44.0 Å². The highest BCUT2D eigenvalue weighted by atomic mass is 32.3. The predicted molar refractivity (Wildman–Crippen MR) is 208 cm³/mol. The smallest absolute Gasteiger partial charge is 0.446 e. The van der Waals surface area contributed by atoms with E-state index in [4.69, 9.17) is 16.0 Å². The fourth-order valence-corrected chi connectivity index (χ4v) is 7.77. The van der Waals surface area contributed by atoms with Crippen LogP contribution in [0.3, 0.4) is 0 Å². The minimum Gasteiger partial charge on any atom is -0.504 e. The lowest BCUT2D eigenvalue weighted by Crippen LogP contribution is -2.64. The highest BCUT2D eigenvalue weighted by molar-refractivity contribution is 7.81. The number of hydrogen-bond donors (Lipinski definition) is 16. The molecule has 0 aromatic heterocycles. The van der Waals surface area contributed by atoms with Crippen molar-refractivity contribution in [3.8, 4) is 11.5 Å². The molecule has 28 nitrogen and oxygen atoms in total. The van der Waals surface area contributed by atoms with Crippen LogP contribution in [-0.4, -0.2) is 202 Å². The van der Waals surface area contributed by atoms with Crippen molar-refractivity contribution in [1.29, 1.82) is 0 Å². The van der Waals surface area contributed by atoms with E-state index in [2.05, 4.69) is 14.8 Å². The standard InChI is InChI=1S/C35H52N8O20S/c1-11-9-43-25(26(11)50)33(57)41-31(55)19(48)7-15(36)29(53)38-22(12(2)44)34(58)42-10-14(45)6-16(42)30(54)40-24(32(56)39-23(35(43)59)18(47)8-21(37)49)28(52)27(51)13-3-4-17(46)20(5-13)63-64(60,61)62/h3-5,11-12,14-16,18-19,22-28,31,44-48,50-52,55H,6-10,36H2,1-2H3,(H2,37,49)(H,38,53)(H,39,56)(H,40,54)(H,41,57)(H,60,61,62)/t11?,12-,14-,15+,16+,18?,19-,22+,23+,24+,25+,26+,27?,28?,31-/m1/s1. The van der Waals surface area contributed by atoms with Gasteiger partial charge in [-0.15, -0.1) is 0 Å². The Balaban J connectivity index is 1.88. The molecule has 29 heteroatoms. The molecule has 0 bridgehead atoms. The van der Waals surface area contributed by atoms with Crippen molar-refractivity contribution in [2.75, 3.05) is 13.1 Å². The Kier molecular flexibility index (Phi) is 16.6. The molecule has 15 atom stereocenters. The van der Waals surface area contributed by atoms with Gasteiger partial charge in [0.25, 0.3) is 0 Å². The molecule has 64 heavy (non-hydrogen) atoms. The lowest BCUT2D eigenvalue weighted by atomic mass is 9.96. The first-order chi connectivity index (χ1) is 29.6. The van der Waals surface area contributed by atoms with E-state index < -0.39 is 192 Å². The van der Waals surface area contributed by atoms with Gasteiger partial charge in [-0.3, -0.25) is 38.1 Å². The number of aromatic hydroxyl groups is 1. The SMILES string of the molecule is CC1CN2C(=O)[C@H](C(O)CC(N)=O)NC(=O)[C@H](C(O)C(O)c3ccc(O)c(OS(=O)(=O)O)c3)NC(=O)[C@@H]3C[C@@H](O)CN3C(=O)[C@H]([C@@H](C)O)NC(=O)[C@@H](N)C[C@@H](O)[C@@H](O)NC(=O)[C@@H]2[C@H]1O. The molecule has 3 saturated heterocycles. The quantitative estimate of drug-likeness (QED) is 0.102. The third-order valence-corrected chi connectivity index (χ3v) is 11.2. The van der Waals surface area contributed by atoms with Crippen LogP contribution in [0.4, 0.5) is 0 Å². The van der Waals surface area contributed by atoms with E-state index >= 15 is 0 Å². The Hall–Kier alpha value is -5.34. The van der Waals surface area contributed by atoms with Gasteiger partial charge in [-0.05, 0) is 24.6 Å². The minimum atomic E-state index is -5.30. The fraction of sp³-hybridized carbons (Fsp3) is 0.629. The van der Waals surface area contributed by atoms with E-state index in [1.54, 1.807) is 0 Å². The van der Waals surface area contributed by atoms with E-state index in [0.29, 0.717) is 15.9 Å². The second-order valence-electron chi connectivity index (χ2n) is 15.8. The number of primary amides is 1. The van der Waals surface area contributed by atoms with Crippen LogP contribution in [0.25, 0.3) is 0 Å². The minimum absolute atomic E-state index is 0.508. The van der Waals surface area contributed by atoms with Crippen LogP contribution in [0.2, 0.25) is 0 Å². The number of rotatable bonds is 9. The Morgan fingerprint density at radius 1 is 0.844 bits per heavy atom. The van der Waals surface area contributed by atoms with Gasteiger partial charge in [-0.25, -0.2) is 0 Å².